The van der Waals surface area contributed by atoms with E-state index in [1.54, 1.807) is 0 Å². The van der Waals surface area contributed by atoms with Gasteiger partial charge < -0.3 is 4.90 Å². The molecule has 1 unspecified atom stereocenters. The van der Waals surface area contributed by atoms with Crippen LogP contribution in [0.2, 0.25) is 25.7 Å². The SMILES string of the molecule is CC1(C)CCN2CCC(C)(C[Si](C)(C)C)c3cc(C=O)cc1c32. The molecule has 0 spiro atoms. The van der Waals surface area contributed by atoms with Crippen LogP contribution >= 0.6 is 0 Å². The summed E-state index contributed by atoms with van der Waals surface area (Å²) in [6.07, 6.45) is 3.42. The van der Waals surface area contributed by atoms with Gasteiger partial charge in [-0.25, -0.2) is 0 Å². The third-order valence-corrected chi connectivity index (χ3v) is 7.67. The summed E-state index contributed by atoms with van der Waals surface area (Å²) < 4.78 is 0. The number of hydrogen-bond donors (Lipinski definition) is 0. The molecule has 2 heterocycles. The smallest absolute Gasteiger partial charge is 0.150 e. The Hall–Kier alpha value is -1.09. The molecular formula is C20H31NOSi. The largest absolute Gasteiger partial charge is 0.371 e. The third-order valence-electron chi connectivity index (χ3n) is 5.82. The average Bonchev–Trinajstić information content (AvgIpc) is 2.43. The van der Waals surface area contributed by atoms with E-state index in [1.165, 1.54) is 35.7 Å². The minimum Gasteiger partial charge on any atom is -0.371 e. The molecule has 0 radical (unpaired) electrons. The number of carbonyl (C=O) groups excluding carboxylic acids is 1. The van der Waals surface area contributed by atoms with Gasteiger partial charge in [0.2, 0.25) is 0 Å². The van der Waals surface area contributed by atoms with Crippen molar-refractivity contribution in [3.8, 4) is 0 Å². The van der Waals surface area contributed by atoms with Gasteiger partial charge in [-0.05, 0) is 53.0 Å². The van der Waals surface area contributed by atoms with E-state index in [4.69, 9.17) is 0 Å². The van der Waals surface area contributed by atoms with E-state index in [9.17, 15) is 4.79 Å². The molecule has 126 valence electrons. The molecular weight excluding hydrogens is 298 g/mol. The fourth-order valence-corrected chi connectivity index (χ4v) is 7.50. The van der Waals surface area contributed by atoms with Gasteiger partial charge in [0.15, 0.2) is 0 Å². The molecule has 3 heteroatoms. The lowest BCUT2D eigenvalue weighted by Crippen LogP contribution is -2.47. The number of aldehydes is 1. The predicted molar refractivity (Wildman–Crippen MR) is 102 cm³/mol. The van der Waals surface area contributed by atoms with Crippen molar-refractivity contribution >= 4 is 20.0 Å². The third kappa shape index (κ3) is 2.88. The molecule has 0 bridgehead atoms. The van der Waals surface area contributed by atoms with Crippen LogP contribution in [0.5, 0.6) is 0 Å². The topological polar surface area (TPSA) is 20.3 Å². The van der Waals surface area contributed by atoms with Crippen molar-refractivity contribution in [2.75, 3.05) is 18.0 Å². The van der Waals surface area contributed by atoms with Crippen molar-refractivity contribution in [2.24, 2.45) is 0 Å². The second-order valence-corrected chi connectivity index (χ2v) is 15.2. The van der Waals surface area contributed by atoms with Gasteiger partial charge in [0, 0.05) is 32.4 Å². The van der Waals surface area contributed by atoms with E-state index in [2.05, 4.69) is 57.4 Å². The highest BCUT2D eigenvalue weighted by atomic mass is 28.3. The average molecular weight is 330 g/mol. The molecule has 0 saturated heterocycles. The zero-order valence-electron chi connectivity index (χ0n) is 15.6. The summed E-state index contributed by atoms with van der Waals surface area (Å²) in [7, 11) is -1.19. The lowest BCUT2D eigenvalue weighted by atomic mass is 9.69. The molecule has 1 aromatic rings. The highest BCUT2D eigenvalue weighted by Crippen LogP contribution is 2.51. The van der Waals surface area contributed by atoms with Gasteiger partial charge in [0.25, 0.3) is 0 Å². The first-order valence-corrected chi connectivity index (χ1v) is 12.7. The maximum Gasteiger partial charge on any atom is 0.150 e. The number of benzene rings is 1. The molecule has 23 heavy (non-hydrogen) atoms. The highest BCUT2D eigenvalue weighted by Gasteiger charge is 2.43. The number of anilines is 1. The van der Waals surface area contributed by atoms with Crippen LogP contribution in [0.4, 0.5) is 5.69 Å². The minimum atomic E-state index is -1.19. The molecule has 1 aromatic carbocycles. The zero-order chi connectivity index (χ0) is 17.0. The molecule has 1 atom stereocenters. The van der Waals surface area contributed by atoms with E-state index in [0.29, 0.717) is 0 Å². The van der Waals surface area contributed by atoms with Crippen LogP contribution in [0.15, 0.2) is 12.1 Å². The first-order chi connectivity index (χ1) is 10.6. The van der Waals surface area contributed by atoms with Gasteiger partial charge in [-0.1, -0.05) is 40.4 Å². The van der Waals surface area contributed by atoms with Crippen molar-refractivity contribution in [3.63, 3.8) is 0 Å². The molecule has 0 saturated carbocycles. The Morgan fingerprint density at radius 2 is 1.70 bits per heavy atom. The fourth-order valence-electron chi connectivity index (χ4n) is 4.80. The Morgan fingerprint density at radius 3 is 2.30 bits per heavy atom. The van der Waals surface area contributed by atoms with Crippen LogP contribution in [-0.2, 0) is 10.8 Å². The van der Waals surface area contributed by atoms with Crippen LogP contribution in [-0.4, -0.2) is 27.4 Å². The maximum atomic E-state index is 11.6. The monoisotopic (exact) mass is 329 g/mol. The molecule has 0 N–H and O–H groups in total. The Morgan fingerprint density at radius 1 is 1.09 bits per heavy atom. The Bertz CT molecular complexity index is 644. The predicted octanol–water partition coefficient (Wildman–Crippen LogP) is 4.99. The minimum absolute atomic E-state index is 0.164. The summed E-state index contributed by atoms with van der Waals surface area (Å²) in [5.74, 6) is 0. The molecule has 2 aliphatic rings. The molecule has 0 aliphatic carbocycles. The Kier molecular flexibility index (Phi) is 3.79. The maximum absolute atomic E-state index is 11.6. The van der Waals surface area contributed by atoms with Gasteiger partial charge in [0.1, 0.15) is 6.29 Å². The van der Waals surface area contributed by atoms with Gasteiger partial charge in [-0.3, -0.25) is 4.79 Å². The second-order valence-electron chi connectivity index (χ2n) is 9.75. The molecule has 3 rings (SSSR count). The van der Waals surface area contributed by atoms with Gasteiger partial charge in [-0.2, -0.15) is 0 Å². The van der Waals surface area contributed by atoms with E-state index < -0.39 is 8.07 Å². The van der Waals surface area contributed by atoms with E-state index in [-0.39, 0.29) is 10.8 Å². The summed E-state index contributed by atoms with van der Waals surface area (Å²) >= 11 is 0. The fraction of sp³-hybridized carbons (Fsp3) is 0.650. The lowest BCUT2D eigenvalue weighted by Gasteiger charge is -2.50. The van der Waals surface area contributed by atoms with Crippen LogP contribution < -0.4 is 4.90 Å². The van der Waals surface area contributed by atoms with Crippen LogP contribution in [0.25, 0.3) is 0 Å². The molecule has 0 fully saturated rings. The van der Waals surface area contributed by atoms with Gasteiger partial charge in [0.05, 0.1) is 0 Å². The molecule has 2 nitrogen and oxygen atoms in total. The van der Waals surface area contributed by atoms with Crippen molar-refractivity contribution in [1.82, 2.24) is 0 Å². The summed E-state index contributed by atoms with van der Waals surface area (Å²) in [6, 6.07) is 5.64. The summed E-state index contributed by atoms with van der Waals surface area (Å²) in [5, 5.41) is 0. The number of nitrogens with zero attached hydrogens (tertiary/aromatic N) is 1. The van der Waals surface area contributed by atoms with Crippen molar-refractivity contribution in [1.29, 1.82) is 0 Å². The quantitative estimate of drug-likeness (QED) is 0.575. The lowest BCUT2D eigenvalue weighted by molar-refractivity contribution is 0.112. The Labute approximate surface area is 142 Å². The van der Waals surface area contributed by atoms with Crippen molar-refractivity contribution < 1.29 is 4.79 Å². The van der Waals surface area contributed by atoms with Crippen LogP contribution in [0.3, 0.4) is 0 Å². The second kappa shape index (κ2) is 5.20. The summed E-state index contributed by atoms with van der Waals surface area (Å²) in [5.41, 5.74) is 5.54. The van der Waals surface area contributed by atoms with Gasteiger partial charge >= 0.3 is 0 Å². The highest BCUT2D eigenvalue weighted by molar-refractivity contribution is 6.76. The standard InChI is InChI=1S/C20H31NOSi/c1-19(2)7-9-21-10-8-20(3,14-23(4,5)6)17-12-15(13-22)11-16(19)18(17)21/h11-13H,7-10,14H2,1-6H3. The summed E-state index contributed by atoms with van der Waals surface area (Å²) in [6.45, 7) is 16.8. The van der Waals surface area contributed by atoms with E-state index in [1.807, 2.05) is 0 Å². The van der Waals surface area contributed by atoms with Crippen molar-refractivity contribution in [2.45, 2.75) is 70.1 Å². The first-order valence-electron chi connectivity index (χ1n) is 8.95. The van der Waals surface area contributed by atoms with Crippen molar-refractivity contribution in [3.05, 3.63) is 28.8 Å². The first kappa shape index (κ1) is 16.8. The Balaban J connectivity index is 2.23. The van der Waals surface area contributed by atoms with Crippen LogP contribution in [0, 0.1) is 0 Å². The molecule has 2 aliphatic heterocycles. The summed E-state index contributed by atoms with van der Waals surface area (Å²) in [4.78, 5) is 14.1. The molecule has 0 amide bonds. The number of rotatable bonds is 3. The normalized spacial score (nSPS) is 25.9. The molecule has 0 aromatic heterocycles. The van der Waals surface area contributed by atoms with E-state index >= 15 is 0 Å². The number of carbonyl (C=O) groups is 1. The van der Waals surface area contributed by atoms with Crippen LogP contribution in [0.1, 0.15) is 55.1 Å². The van der Waals surface area contributed by atoms with E-state index in [0.717, 1.165) is 24.9 Å². The van der Waals surface area contributed by atoms with Gasteiger partial charge in [-0.15, -0.1) is 0 Å². The number of hydrogen-bond acceptors (Lipinski definition) is 2. The zero-order valence-corrected chi connectivity index (χ0v) is 16.6.